The molecule has 22 heavy (non-hydrogen) atoms. The van der Waals surface area contributed by atoms with Crippen LogP contribution in [0.1, 0.15) is 26.1 Å². The van der Waals surface area contributed by atoms with Crippen molar-refractivity contribution in [2.45, 2.75) is 38.4 Å². The average Bonchev–Trinajstić information content (AvgIpc) is 2.90. The second-order valence-electron chi connectivity index (χ2n) is 4.60. The van der Waals surface area contributed by atoms with Crippen molar-refractivity contribution in [1.29, 1.82) is 0 Å². The van der Waals surface area contributed by atoms with E-state index in [2.05, 4.69) is 54.8 Å². The van der Waals surface area contributed by atoms with E-state index in [-0.39, 0.29) is 11.7 Å². The molecule has 6 nitrogen and oxygen atoms in total. The van der Waals surface area contributed by atoms with Gasteiger partial charge in [-0.25, -0.2) is 4.98 Å². The van der Waals surface area contributed by atoms with Gasteiger partial charge in [0.15, 0.2) is 5.16 Å². The second kappa shape index (κ2) is 8.28. The molecule has 0 saturated heterocycles. The molecule has 0 unspecified atom stereocenters. The van der Waals surface area contributed by atoms with E-state index in [1.54, 1.807) is 12.3 Å². The van der Waals surface area contributed by atoms with Gasteiger partial charge in [-0.2, -0.15) is 0 Å². The molecule has 0 aliphatic heterocycles. The number of amides is 1. The Labute approximate surface area is 142 Å². The van der Waals surface area contributed by atoms with Gasteiger partial charge in [0.25, 0.3) is 0 Å². The number of halogens is 1. The lowest BCUT2D eigenvalue weighted by atomic mass is 10.4. The smallest absolute Gasteiger partial charge is 0.236 e. The van der Waals surface area contributed by atoms with Crippen molar-refractivity contribution in [2.24, 2.45) is 0 Å². The van der Waals surface area contributed by atoms with Crippen molar-refractivity contribution in [3.63, 3.8) is 0 Å². The maximum Gasteiger partial charge on any atom is 0.236 e. The molecule has 0 saturated carbocycles. The van der Waals surface area contributed by atoms with Gasteiger partial charge in [0.05, 0.1) is 5.75 Å². The first-order chi connectivity index (χ1) is 10.6. The summed E-state index contributed by atoms with van der Waals surface area (Å²) in [6.45, 7) is 5.03. The molecule has 0 bridgehead atoms. The molecule has 0 aliphatic carbocycles. The van der Waals surface area contributed by atoms with Crippen LogP contribution >= 0.6 is 27.7 Å². The standard InChI is InChI=1S/C14H18BrN5OS/c1-3-7-20-12(4-2)18-19-14(20)22-9-13(21)17-11-6-5-10(15)8-16-11/h5-6,8H,3-4,7,9H2,1-2H3,(H,16,17,21). The first kappa shape index (κ1) is 17.0. The minimum atomic E-state index is -0.107. The van der Waals surface area contributed by atoms with Gasteiger partial charge in [-0.05, 0) is 34.5 Å². The maximum absolute atomic E-state index is 12.0. The van der Waals surface area contributed by atoms with Gasteiger partial charge >= 0.3 is 0 Å². The van der Waals surface area contributed by atoms with E-state index in [4.69, 9.17) is 0 Å². The number of carbonyl (C=O) groups excluding carboxylic acids is 1. The minimum Gasteiger partial charge on any atom is -0.310 e. The van der Waals surface area contributed by atoms with Crippen molar-refractivity contribution in [2.75, 3.05) is 11.1 Å². The Bertz CT molecular complexity index is 629. The first-order valence-corrected chi connectivity index (χ1v) is 8.88. The molecule has 0 aromatic carbocycles. The lowest BCUT2D eigenvalue weighted by Crippen LogP contribution is -2.15. The summed E-state index contributed by atoms with van der Waals surface area (Å²) >= 11 is 4.70. The van der Waals surface area contributed by atoms with Crippen LogP contribution in [0.3, 0.4) is 0 Å². The number of rotatable bonds is 7. The predicted octanol–water partition coefficient (Wildman–Crippen LogP) is 3.14. The SMILES string of the molecule is CCCn1c(CC)nnc1SCC(=O)Nc1ccc(Br)cn1. The molecule has 0 aliphatic rings. The van der Waals surface area contributed by atoms with Gasteiger partial charge in [0, 0.05) is 23.6 Å². The Hall–Kier alpha value is -1.41. The highest BCUT2D eigenvalue weighted by molar-refractivity contribution is 9.10. The van der Waals surface area contributed by atoms with Gasteiger partial charge in [-0.3, -0.25) is 4.79 Å². The quantitative estimate of drug-likeness (QED) is 0.743. The van der Waals surface area contributed by atoms with E-state index in [0.29, 0.717) is 5.82 Å². The maximum atomic E-state index is 12.0. The summed E-state index contributed by atoms with van der Waals surface area (Å²) in [5, 5.41) is 11.9. The highest BCUT2D eigenvalue weighted by atomic mass is 79.9. The normalized spacial score (nSPS) is 10.7. The van der Waals surface area contributed by atoms with Crippen LogP contribution in [0.5, 0.6) is 0 Å². The van der Waals surface area contributed by atoms with Crippen LogP contribution in [0.4, 0.5) is 5.82 Å². The van der Waals surface area contributed by atoms with Crippen molar-refractivity contribution in [3.05, 3.63) is 28.6 Å². The second-order valence-corrected chi connectivity index (χ2v) is 6.46. The van der Waals surface area contributed by atoms with E-state index < -0.39 is 0 Å². The predicted molar refractivity (Wildman–Crippen MR) is 91.0 cm³/mol. The highest BCUT2D eigenvalue weighted by Gasteiger charge is 2.12. The number of hydrogen-bond acceptors (Lipinski definition) is 5. The first-order valence-electron chi connectivity index (χ1n) is 7.10. The van der Waals surface area contributed by atoms with Gasteiger partial charge in [-0.1, -0.05) is 25.6 Å². The molecule has 0 fully saturated rings. The molecule has 118 valence electrons. The number of aromatic nitrogens is 4. The van der Waals surface area contributed by atoms with Gasteiger partial charge < -0.3 is 9.88 Å². The number of hydrogen-bond donors (Lipinski definition) is 1. The summed E-state index contributed by atoms with van der Waals surface area (Å²) in [7, 11) is 0. The van der Waals surface area contributed by atoms with E-state index in [0.717, 1.165) is 34.8 Å². The molecular formula is C14H18BrN5OS. The number of carbonyl (C=O) groups is 1. The molecule has 2 aromatic rings. The average molecular weight is 384 g/mol. The summed E-state index contributed by atoms with van der Waals surface area (Å²) in [5.74, 6) is 1.67. The molecule has 1 amide bonds. The fourth-order valence-electron chi connectivity index (χ4n) is 1.89. The highest BCUT2D eigenvalue weighted by Crippen LogP contribution is 2.18. The largest absolute Gasteiger partial charge is 0.310 e. The van der Waals surface area contributed by atoms with Crippen LogP contribution in [0.2, 0.25) is 0 Å². The summed E-state index contributed by atoms with van der Waals surface area (Å²) in [5.41, 5.74) is 0. The molecule has 2 aromatic heterocycles. The Morgan fingerprint density at radius 2 is 2.18 bits per heavy atom. The number of nitrogens with zero attached hydrogens (tertiary/aromatic N) is 4. The number of aryl methyl sites for hydroxylation is 1. The van der Waals surface area contributed by atoms with E-state index in [1.165, 1.54) is 11.8 Å². The van der Waals surface area contributed by atoms with Crippen molar-refractivity contribution in [1.82, 2.24) is 19.7 Å². The number of anilines is 1. The minimum absolute atomic E-state index is 0.107. The third kappa shape index (κ3) is 4.54. The summed E-state index contributed by atoms with van der Waals surface area (Å²) < 4.78 is 2.95. The zero-order chi connectivity index (χ0) is 15.9. The van der Waals surface area contributed by atoms with Crippen LogP contribution in [0.15, 0.2) is 28.0 Å². The Morgan fingerprint density at radius 1 is 1.36 bits per heavy atom. The zero-order valence-electron chi connectivity index (χ0n) is 12.5. The zero-order valence-corrected chi connectivity index (χ0v) is 14.9. The molecule has 2 rings (SSSR count). The van der Waals surface area contributed by atoms with Crippen LogP contribution in [0.25, 0.3) is 0 Å². The van der Waals surface area contributed by atoms with Crippen LogP contribution in [-0.4, -0.2) is 31.4 Å². The van der Waals surface area contributed by atoms with Crippen molar-refractivity contribution in [3.8, 4) is 0 Å². The summed E-state index contributed by atoms with van der Waals surface area (Å²) in [4.78, 5) is 16.1. The van der Waals surface area contributed by atoms with E-state index in [9.17, 15) is 4.79 Å². The monoisotopic (exact) mass is 383 g/mol. The lowest BCUT2D eigenvalue weighted by Gasteiger charge is -2.07. The number of pyridine rings is 1. The molecule has 8 heteroatoms. The summed E-state index contributed by atoms with van der Waals surface area (Å²) in [6.07, 6.45) is 3.49. The third-order valence-corrected chi connectivity index (χ3v) is 4.32. The molecule has 2 heterocycles. The van der Waals surface area contributed by atoms with Gasteiger partial charge in [0.1, 0.15) is 11.6 Å². The fraction of sp³-hybridized carbons (Fsp3) is 0.429. The van der Waals surface area contributed by atoms with Crippen molar-refractivity contribution >= 4 is 39.4 Å². The Kier molecular flexibility index (Phi) is 6.38. The Balaban J connectivity index is 1.93. The van der Waals surface area contributed by atoms with Gasteiger partial charge in [0.2, 0.25) is 5.91 Å². The topological polar surface area (TPSA) is 72.7 Å². The number of thioether (sulfide) groups is 1. The van der Waals surface area contributed by atoms with Crippen LogP contribution < -0.4 is 5.32 Å². The van der Waals surface area contributed by atoms with E-state index in [1.807, 2.05) is 6.07 Å². The number of nitrogens with one attached hydrogen (secondary N) is 1. The molecule has 0 spiro atoms. The molecule has 0 atom stereocenters. The molecule has 0 radical (unpaired) electrons. The van der Waals surface area contributed by atoms with Crippen molar-refractivity contribution < 1.29 is 4.79 Å². The lowest BCUT2D eigenvalue weighted by molar-refractivity contribution is -0.113. The van der Waals surface area contributed by atoms with Gasteiger partial charge in [-0.15, -0.1) is 10.2 Å². The third-order valence-electron chi connectivity index (χ3n) is 2.88. The molecule has 1 N–H and O–H groups in total. The Morgan fingerprint density at radius 3 is 2.82 bits per heavy atom. The summed E-state index contributed by atoms with van der Waals surface area (Å²) in [6, 6.07) is 3.59. The fourth-order valence-corrected chi connectivity index (χ4v) is 2.91. The van der Waals surface area contributed by atoms with E-state index >= 15 is 0 Å². The molecular weight excluding hydrogens is 366 g/mol. The van der Waals surface area contributed by atoms with Crippen LogP contribution in [0, 0.1) is 0 Å². The van der Waals surface area contributed by atoms with Crippen LogP contribution in [-0.2, 0) is 17.8 Å².